The number of pyridine rings is 1. The fourth-order valence-electron chi connectivity index (χ4n) is 5.80. The number of carbonyl (C=O) groups is 1. The van der Waals surface area contributed by atoms with Crippen molar-refractivity contribution in [3.8, 4) is 0 Å². The molecule has 2 aromatic rings. The lowest BCUT2D eigenvalue weighted by molar-refractivity contribution is -0.149. The predicted molar refractivity (Wildman–Crippen MR) is 95.7 cm³/mol. The molecule has 4 aliphatic rings. The minimum atomic E-state index is 0. The van der Waals surface area contributed by atoms with E-state index in [0.29, 0.717) is 24.4 Å². The van der Waals surface area contributed by atoms with Crippen LogP contribution in [0.5, 0.6) is 0 Å². The molecule has 128 valence electrons. The fraction of sp³-hybridized carbons (Fsp3) is 0.600. The second-order valence-electron chi connectivity index (χ2n) is 8.27. The number of H-pyrrole nitrogens is 1. The maximum absolute atomic E-state index is 13.1. The molecule has 4 nitrogen and oxygen atoms in total. The zero-order valence-electron chi connectivity index (χ0n) is 14.2. The van der Waals surface area contributed by atoms with Crippen molar-refractivity contribution in [2.45, 2.75) is 63.5 Å². The summed E-state index contributed by atoms with van der Waals surface area (Å²) in [5, 5.41) is 1.15. The number of hydrogen-bond donors (Lipinski definition) is 1. The third-order valence-corrected chi connectivity index (χ3v) is 6.66. The number of piperidine rings is 2. The molecule has 4 fully saturated rings. The lowest BCUT2D eigenvalue weighted by Crippen LogP contribution is -2.59. The topological polar surface area (TPSA) is 49.0 Å². The smallest absolute Gasteiger partial charge is 0.223 e. The molecule has 0 spiro atoms. The Morgan fingerprint density at radius 3 is 2.71 bits per heavy atom. The maximum atomic E-state index is 13.1. The van der Waals surface area contributed by atoms with Crippen LogP contribution in [0.25, 0.3) is 11.0 Å². The largest absolute Gasteiger partial charge is 0.346 e. The van der Waals surface area contributed by atoms with Gasteiger partial charge in [0.1, 0.15) is 5.65 Å². The van der Waals surface area contributed by atoms with Crippen molar-refractivity contribution in [3.63, 3.8) is 0 Å². The Labute approximate surface area is 144 Å². The van der Waals surface area contributed by atoms with Crippen LogP contribution in [0.15, 0.2) is 24.5 Å². The van der Waals surface area contributed by atoms with Crippen LogP contribution in [0.2, 0.25) is 0 Å². The molecule has 6 rings (SSSR count). The van der Waals surface area contributed by atoms with E-state index in [4.69, 9.17) is 0 Å². The lowest BCUT2D eigenvalue weighted by Gasteiger charge is -2.56. The minimum absolute atomic E-state index is 0. The minimum Gasteiger partial charge on any atom is -0.346 e. The van der Waals surface area contributed by atoms with Crippen molar-refractivity contribution in [1.82, 2.24) is 14.9 Å². The highest BCUT2D eigenvalue weighted by molar-refractivity contribution is 5.83. The zero-order chi connectivity index (χ0) is 16.3. The molecule has 4 bridgehead atoms. The van der Waals surface area contributed by atoms with Gasteiger partial charge in [0.2, 0.25) is 5.91 Å². The van der Waals surface area contributed by atoms with Crippen LogP contribution >= 0.6 is 0 Å². The van der Waals surface area contributed by atoms with Gasteiger partial charge in [0.15, 0.2) is 0 Å². The van der Waals surface area contributed by atoms with E-state index in [1.807, 2.05) is 12.3 Å². The summed E-state index contributed by atoms with van der Waals surface area (Å²) < 4.78 is 0. The highest BCUT2D eigenvalue weighted by atomic mass is 16.2. The van der Waals surface area contributed by atoms with Crippen LogP contribution in [0.4, 0.5) is 0 Å². The van der Waals surface area contributed by atoms with E-state index >= 15 is 0 Å². The van der Waals surface area contributed by atoms with Crippen molar-refractivity contribution < 1.29 is 6.22 Å². The highest BCUT2D eigenvalue weighted by Gasteiger charge is 2.48. The van der Waals surface area contributed by atoms with Gasteiger partial charge in [-0.1, -0.05) is 6.92 Å². The van der Waals surface area contributed by atoms with Crippen LogP contribution in [-0.4, -0.2) is 32.9 Å². The van der Waals surface area contributed by atoms with E-state index in [-0.39, 0.29) is 7.34 Å². The van der Waals surface area contributed by atoms with E-state index in [1.165, 1.54) is 37.7 Å². The van der Waals surface area contributed by atoms with Crippen molar-refractivity contribution in [2.75, 3.05) is 0 Å². The van der Waals surface area contributed by atoms with Gasteiger partial charge < -0.3 is 9.88 Å². The van der Waals surface area contributed by atoms with Gasteiger partial charge in [-0.25, -0.2) is 4.98 Å². The Kier molecular flexibility index (Phi) is 3.22. The zero-order valence-corrected chi connectivity index (χ0v) is 14.2. The van der Waals surface area contributed by atoms with Gasteiger partial charge in [-0.3, -0.25) is 4.79 Å². The summed E-state index contributed by atoms with van der Waals surface area (Å²) >= 11 is 0. The molecule has 1 N–H and O–H groups in total. The highest BCUT2D eigenvalue weighted by Crippen LogP contribution is 2.49. The summed E-state index contributed by atoms with van der Waals surface area (Å²) in [5.41, 5.74) is 2.14. The van der Waals surface area contributed by atoms with Crippen LogP contribution in [0.1, 0.15) is 58.4 Å². The molecular weight excluding hydrogens is 298 g/mol. The molecule has 4 heterocycles. The summed E-state index contributed by atoms with van der Waals surface area (Å²) in [4.78, 5) is 23.0. The average molecular weight is 325 g/mol. The molecule has 2 saturated carbocycles. The Balaban J connectivity index is 0.00000157. The molecule has 2 aliphatic carbocycles. The number of amides is 1. The first-order valence-electron chi connectivity index (χ1n) is 9.42. The summed E-state index contributed by atoms with van der Waals surface area (Å²) in [7, 11) is 0. The number of aromatic amines is 1. The first kappa shape index (κ1) is 14.5. The van der Waals surface area contributed by atoms with Gasteiger partial charge in [-0.15, -0.1) is 0 Å². The second kappa shape index (κ2) is 5.33. The first-order valence-corrected chi connectivity index (χ1v) is 9.42. The molecule has 1 unspecified atom stereocenters. The second-order valence-corrected chi connectivity index (χ2v) is 8.27. The van der Waals surface area contributed by atoms with Crippen LogP contribution in [0, 0.1) is 11.8 Å². The number of carbonyl (C=O) groups excluding carboxylic acids is 1. The molecular formula is C20H27N3O. The molecule has 2 aromatic heterocycles. The van der Waals surface area contributed by atoms with Gasteiger partial charge in [0, 0.05) is 37.7 Å². The monoisotopic (exact) mass is 325 g/mol. The predicted octanol–water partition coefficient (Wildman–Crippen LogP) is 4.09. The van der Waals surface area contributed by atoms with E-state index in [1.54, 1.807) is 6.20 Å². The summed E-state index contributed by atoms with van der Waals surface area (Å²) in [6.45, 7) is 2.17. The van der Waals surface area contributed by atoms with E-state index in [2.05, 4.69) is 27.9 Å². The Hall–Kier alpha value is -1.84. The number of nitrogens with zero attached hydrogens (tertiary/aromatic N) is 2. The Morgan fingerprint density at radius 1 is 1.29 bits per heavy atom. The number of fused-ring (bicyclic) bond motifs is 1. The number of hydrogen-bond acceptors (Lipinski definition) is 2. The van der Waals surface area contributed by atoms with Crippen LogP contribution in [0.3, 0.4) is 0 Å². The lowest BCUT2D eigenvalue weighted by atomic mass is 9.63. The molecule has 0 radical (unpaired) electrons. The summed E-state index contributed by atoms with van der Waals surface area (Å²) in [6.07, 6.45) is 10.9. The van der Waals surface area contributed by atoms with Crippen molar-refractivity contribution in [3.05, 3.63) is 30.1 Å². The summed E-state index contributed by atoms with van der Waals surface area (Å²) in [6, 6.07) is 5.13. The number of rotatable bonds is 3. The Bertz CT molecular complexity index is 758. The molecule has 4 heteroatoms. The van der Waals surface area contributed by atoms with Crippen LogP contribution in [-0.2, 0) is 4.79 Å². The van der Waals surface area contributed by atoms with Gasteiger partial charge in [-0.05, 0) is 67.6 Å². The third-order valence-electron chi connectivity index (χ3n) is 6.66. The molecule has 24 heavy (non-hydrogen) atoms. The van der Waals surface area contributed by atoms with Gasteiger partial charge >= 0.3 is 0 Å². The molecule has 2 aliphatic heterocycles. The summed E-state index contributed by atoms with van der Waals surface area (Å²) in [5.74, 6) is 2.39. The standard InChI is InChI=1S/C20H25N3O.H2/c1-12(18-11-22-20-17(18)3-2-4-21-20)5-19(24)23-15-7-13-6-14(9-15)10-16(23)8-13;/h2-4,11-16H,5-10H2,1H3,(H,21,22);1H. The SMILES string of the molecule is CC(CC(=O)N1C2CC3CC(C2)CC1C3)c1c[nH]c2ncccc12.[HH]. The number of aromatic nitrogens is 2. The first-order chi connectivity index (χ1) is 11.7. The molecule has 2 saturated heterocycles. The van der Waals surface area contributed by atoms with Crippen molar-refractivity contribution in [2.24, 2.45) is 11.8 Å². The average Bonchev–Trinajstić information content (AvgIpc) is 2.98. The van der Waals surface area contributed by atoms with Crippen molar-refractivity contribution >= 4 is 16.9 Å². The third kappa shape index (κ3) is 2.19. The van der Waals surface area contributed by atoms with Crippen molar-refractivity contribution in [1.29, 1.82) is 0 Å². The molecule has 1 atom stereocenters. The van der Waals surface area contributed by atoms with E-state index < -0.39 is 0 Å². The van der Waals surface area contributed by atoms with Crippen LogP contribution < -0.4 is 0 Å². The van der Waals surface area contributed by atoms with Gasteiger partial charge in [-0.2, -0.15) is 0 Å². The van der Waals surface area contributed by atoms with Gasteiger partial charge in [0.05, 0.1) is 0 Å². The quantitative estimate of drug-likeness (QED) is 0.924. The maximum Gasteiger partial charge on any atom is 0.223 e. The van der Waals surface area contributed by atoms with Gasteiger partial charge in [0.25, 0.3) is 0 Å². The molecule has 0 aromatic carbocycles. The normalized spacial score (nSPS) is 32.5. The van der Waals surface area contributed by atoms with E-state index in [9.17, 15) is 4.79 Å². The fourth-order valence-corrected chi connectivity index (χ4v) is 5.80. The molecule has 1 amide bonds. The van der Waals surface area contributed by atoms with E-state index in [0.717, 1.165) is 22.9 Å². The number of nitrogens with one attached hydrogen (secondary N) is 1. The Morgan fingerprint density at radius 2 is 2.00 bits per heavy atom.